The molecule has 1 unspecified atom stereocenters. The lowest BCUT2D eigenvalue weighted by molar-refractivity contribution is 0.476. The highest BCUT2D eigenvalue weighted by Crippen LogP contribution is 2.10. The fraction of sp³-hybridized carbons (Fsp3) is 0.571. The predicted octanol–water partition coefficient (Wildman–Crippen LogP) is 3.17. The summed E-state index contributed by atoms with van der Waals surface area (Å²) in [7, 11) is 0. The molecule has 1 nitrogen and oxygen atoms in total. The van der Waals surface area contributed by atoms with Crippen molar-refractivity contribution in [2.24, 2.45) is 5.92 Å². The van der Waals surface area contributed by atoms with E-state index in [2.05, 4.69) is 57.3 Å². The van der Waals surface area contributed by atoms with Gasteiger partial charge in [-0.05, 0) is 31.4 Å². The molecule has 0 amide bonds. The average molecular weight is 205 g/mol. The summed E-state index contributed by atoms with van der Waals surface area (Å²) in [4.78, 5) is 0. The highest BCUT2D eigenvalue weighted by molar-refractivity contribution is 5.22. The summed E-state index contributed by atoms with van der Waals surface area (Å²) in [6, 6.07) is 9.39. The van der Waals surface area contributed by atoms with Crippen molar-refractivity contribution in [3.63, 3.8) is 0 Å². The second-order valence-electron chi connectivity index (χ2n) is 4.86. The van der Waals surface area contributed by atoms with Crippen LogP contribution >= 0.6 is 0 Å². The molecule has 1 atom stereocenters. The Morgan fingerprint density at radius 3 is 2.53 bits per heavy atom. The lowest BCUT2D eigenvalue weighted by Gasteiger charge is -2.15. The second kappa shape index (κ2) is 5.92. The van der Waals surface area contributed by atoms with Gasteiger partial charge in [0.1, 0.15) is 0 Å². The highest BCUT2D eigenvalue weighted by Gasteiger charge is 2.04. The molecular weight excluding hydrogens is 182 g/mol. The monoisotopic (exact) mass is 205 g/mol. The van der Waals surface area contributed by atoms with Crippen LogP contribution in [0, 0.1) is 12.8 Å². The molecule has 0 saturated carbocycles. The minimum atomic E-state index is 0.588. The fourth-order valence-electron chi connectivity index (χ4n) is 1.75. The molecule has 0 heterocycles. The van der Waals surface area contributed by atoms with Crippen molar-refractivity contribution < 1.29 is 0 Å². The molecule has 0 saturated heterocycles. The van der Waals surface area contributed by atoms with Gasteiger partial charge in [0, 0.05) is 6.04 Å². The zero-order valence-electron chi connectivity index (χ0n) is 10.4. The quantitative estimate of drug-likeness (QED) is 0.778. The molecule has 0 aliphatic heterocycles. The van der Waals surface area contributed by atoms with Crippen molar-refractivity contribution in [3.05, 3.63) is 35.4 Å². The van der Waals surface area contributed by atoms with Crippen LogP contribution in [0.2, 0.25) is 0 Å². The van der Waals surface area contributed by atoms with Crippen LogP contribution in [0.3, 0.4) is 0 Å². The van der Waals surface area contributed by atoms with E-state index in [4.69, 9.17) is 0 Å². The van der Waals surface area contributed by atoms with Gasteiger partial charge in [-0.3, -0.25) is 0 Å². The molecule has 1 heteroatoms. The third-order valence-corrected chi connectivity index (χ3v) is 2.54. The number of benzene rings is 1. The summed E-state index contributed by atoms with van der Waals surface area (Å²) in [5, 5.41) is 3.48. The van der Waals surface area contributed by atoms with Crippen molar-refractivity contribution in [1.29, 1.82) is 0 Å². The Hall–Kier alpha value is -0.820. The zero-order chi connectivity index (χ0) is 11.3. The van der Waals surface area contributed by atoms with E-state index in [1.165, 1.54) is 17.5 Å². The van der Waals surface area contributed by atoms with E-state index >= 15 is 0 Å². The van der Waals surface area contributed by atoms with Crippen molar-refractivity contribution >= 4 is 0 Å². The summed E-state index contributed by atoms with van der Waals surface area (Å²) in [5.41, 5.74) is 2.81. The van der Waals surface area contributed by atoms with Crippen LogP contribution in [0.25, 0.3) is 0 Å². The first-order valence-corrected chi connectivity index (χ1v) is 5.87. The van der Waals surface area contributed by atoms with Crippen LogP contribution in [0.15, 0.2) is 24.3 Å². The maximum Gasteiger partial charge on any atom is 0.00104 e. The topological polar surface area (TPSA) is 12.0 Å². The maximum absolute atomic E-state index is 3.48. The van der Waals surface area contributed by atoms with Gasteiger partial charge in [-0.2, -0.15) is 0 Å². The minimum absolute atomic E-state index is 0.588. The van der Waals surface area contributed by atoms with Gasteiger partial charge in [0.15, 0.2) is 0 Å². The number of rotatable bonds is 5. The molecule has 1 aromatic carbocycles. The third-order valence-electron chi connectivity index (χ3n) is 2.54. The molecule has 0 spiro atoms. The van der Waals surface area contributed by atoms with Crippen LogP contribution in [-0.2, 0) is 6.42 Å². The van der Waals surface area contributed by atoms with Crippen LogP contribution in [0.1, 0.15) is 31.9 Å². The minimum Gasteiger partial charge on any atom is -0.314 e. The van der Waals surface area contributed by atoms with Crippen molar-refractivity contribution in [2.45, 2.75) is 40.2 Å². The van der Waals surface area contributed by atoms with Gasteiger partial charge in [-0.15, -0.1) is 0 Å². The molecule has 84 valence electrons. The van der Waals surface area contributed by atoms with Gasteiger partial charge in [0.25, 0.3) is 0 Å². The third kappa shape index (κ3) is 4.98. The first kappa shape index (κ1) is 12.3. The van der Waals surface area contributed by atoms with Crippen LogP contribution in [-0.4, -0.2) is 12.6 Å². The lowest BCUT2D eigenvalue weighted by Crippen LogP contribution is -2.28. The summed E-state index contributed by atoms with van der Waals surface area (Å²) in [5.74, 6) is 0.703. The largest absolute Gasteiger partial charge is 0.314 e. The Labute approximate surface area is 93.9 Å². The normalized spacial score (nSPS) is 13.1. The van der Waals surface area contributed by atoms with Crippen molar-refractivity contribution in [3.8, 4) is 0 Å². The molecule has 0 aromatic heterocycles. The SMILES string of the molecule is Cc1cccc(CC(C)CNC(C)C)c1. The molecule has 1 rings (SSSR count). The van der Waals surface area contributed by atoms with Crippen molar-refractivity contribution in [2.75, 3.05) is 6.54 Å². The smallest absolute Gasteiger partial charge is 0.00104 e. The van der Waals surface area contributed by atoms with E-state index in [0.717, 1.165) is 6.54 Å². The van der Waals surface area contributed by atoms with Gasteiger partial charge in [-0.1, -0.05) is 50.6 Å². The molecule has 1 N–H and O–H groups in total. The molecular formula is C14H23N. The summed E-state index contributed by atoms with van der Waals surface area (Å²) in [6.45, 7) is 9.95. The number of nitrogens with one attached hydrogen (secondary N) is 1. The first-order chi connectivity index (χ1) is 7.08. The van der Waals surface area contributed by atoms with Gasteiger partial charge in [0.05, 0.1) is 0 Å². The zero-order valence-corrected chi connectivity index (χ0v) is 10.4. The summed E-state index contributed by atoms with van der Waals surface area (Å²) >= 11 is 0. The van der Waals surface area contributed by atoms with E-state index in [-0.39, 0.29) is 0 Å². The van der Waals surface area contributed by atoms with Crippen LogP contribution in [0.5, 0.6) is 0 Å². The average Bonchev–Trinajstić information content (AvgIpc) is 2.15. The Bertz CT molecular complexity index is 291. The molecule has 0 aliphatic carbocycles. The van der Waals surface area contributed by atoms with Gasteiger partial charge in [-0.25, -0.2) is 0 Å². The number of aryl methyl sites for hydroxylation is 1. The second-order valence-corrected chi connectivity index (χ2v) is 4.86. The van der Waals surface area contributed by atoms with E-state index in [1.807, 2.05) is 0 Å². The van der Waals surface area contributed by atoms with Crippen molar-refractivity contribution in [1.82, 2.24) is 5.32 Å². The van der Waals surface area contributed by atoms with E-state index < -0.39 is 0 Å². The molecule has 15 heavy (non-hydrogen) atoms. The molecule has 0 fully saturated rings. The standard InChI is InChI=1S/C14H23N/c1-11(2)15-10-13(4)9-14-7-5-6-12(3)8-14/h5-8,11,13,15H,9-10H2,1-4H3. The Morgan fingerprint density at radius 1 is 1.20 bits per heavy atom. The van der Waals surface area contributed by atoms with E-state index in [9.17, 15) is 0 Å². The Balaban J connectivity index is 2.40. The lowest BCUT2D eigenvalue weighted by atomic mass is 9.99. The first-order valence-electron chi connectivity index (χ1n) is 5.87. The summed E-state index contributed by atoms with van der Waals surface area (Å²) in [6.07, 6.45) is 1.17. The number of hydrogen-bond donors (Lipinski definition) is 1. The molecule has 0 aliphatic rings. The Morgan fingerprint density at radius 2 is 1.93 bits per heavy atom. The van der Waals surface area contributed by atoms with Crippen LogP contribution in [0.4, 0.5) is 0 Å². The van der Waals surface area contributed by atoms with E-state index in [1.54, 1.807) is 0 Å². The van der Waals surface area contributed by atoms with Crippen LogP contribution < -0.4 is 5.32 Å². The predicted molar refractivity (Wildman–Crippen MR) is 67.2 cm³/mol. The molecule has 0 radical (unpaired) electrons. The maximum atomic E-state index is 3.48. The van der Waals surface area contributed by atoms with Gasteiger partial charge >= 0.3 is 0 Å². The summed E-state index contributed by atoms with van der Waals surface area (Å²) < 4.78 is 0. The Kier molecular flexibility index (Phi) is 4.83. The van der Waals surface area contributed by atoms with Gasteiger partial charge < -0.3 is 5.32 Å². The molecule has 1 aromatic rings. The fourth-order valence-corrected chi connectivity index (χ4v) is 1.75. The number of hydrogen-bond acceptors (Lipinski definition) is 1. The van der Waals surface area contributed by atoms with Gasteiger partial charge in [0.2, 0.25) is 0 Å². The molecule has 0 bridgehead atoms. The highest BCUT2D eigenvalue weighted by atomic mass is 14.9. The van der Waals surface area contributed by atoms with E-state index in [0.29, 0.717) is 12.0 Å².